The summed E-state index contributed by atoms with van der Waals surface area (Å²) in [4.78, 5) is 14.9. The van der Waals surface area contributed by atoms with E-state index in [9.17, 15) is 4.79 Å². The molecule has 0 aliphatic heterocycles. The number of pyridine rings is 1. The van der Waals surface area contributed by atoms with Crippen molar-refractivity contribution in [1.82, 2.24) is 4.98 Å². The molecule has 0 saturated carbocycles. The fourth-order valence-electron chi connectivity index (χ4n) is 1.43. The zero-order valence-corrected chi connectivity index (χ0v) is 12.6. The van der Waals surface area contributed by atoms with Crippen LogP contribution in [0.4, 0.5) is 0 Å². The maximum absolute atomic E-state index is 10.9. The molecular formula is C14H12Cl2N2O3. The summed E-state index contributed by atoms with van der Waals surface area (Å²) in [5, 5.41) is 0.596. The maximum Gasteiger partial charge on any atom is 0.258 e. The summed E-state index contributed by atoms with van der Waals surface area (Å²) >= 11 is 11.9. The molecule has 21 heavy (non-hydrogen) atoms. The quantitative estimate of drug-likeness (QED) is 0.913. The van der Waals surface area contributed by atoms with E-state index in [-0.39, 0.29) is 10.9 Å². The number of nitrogens with two attached hydrogens (primary N) is 1. The number of primary amides is 1. The number of amides is 1. The van der Waals surface area contributed by atoms with Gasteiger partial charge in [0.2, 0.25) is 5.88 Å². The Morgan fingerprint density at radius 3 is 2.43 bits per heavy atom. The predicted octanol–water partition coefficient (Wildman–Crippen LogP) is 3.43. The number of hydrogen-bond acceptors (Lipinski definition) is 4. The first-order valence-electron chi connectivity index (χ1n) is 6.01. The van der Waals surface area contributed by atoms with E-state index in [1.165, 1.54) is 6.20 Å². The van der Waals surface area contributed by atoms with E-state index in [4.69, 9.17) is 38.4 Å². The number of hydrogen-bond donors (Lipinski definition) is 1. The van der Waals surface area contributed by atoms with Gasteiger partial charge in [0.15, 0.2) is 6.10 Å². The molecule has 0 aliphatic rings. The highest BCUT2D eigenvalue weighted by atomic mass is 35.5. The lowest BCUT2D eigenvalue weighted by Crippen LogP contribution is -2.30. The SMILES string of the molecule is CC(Oc1ccc(Oc2nccc(Cl)c2Cl)cc1)C(N)=O. The smallest absolute Gasteiger partial charge is 0.258 e. The number of aromatic nitrogens is 1. The molecule has 2 aromatic rings. The summed E-state index contributed by atoms with van der Waals surface area (Å²) in [5.74, 6) is 0.679. The molecule has 5 nitrogen and oxygen atoms in total. The maximum atomic E-state index is 10.9. The van der Waals surface area contributed by atoms with Crippen molar-refractivity contribution in [2.24, 2.45) is 5.73 Å². The molecule has 2 N–H and O–H groups in total. The Bertz CT molecular complexity index is 647. The van der Waals surface area contributed by atoms with E-state index in [0.29, 0.717) is 16.5 Å². The van der Waals surface area contributed by atoms with Crippen molar-refractivity contribution in [3.8, 4) is 17.4 Å². The van der Waals surface area contributed by atoms with E-state index in [1.807, 2.05) is 0 Å². The third-order valence-corrected chi connectivity index (χ3v) is 3.34. The molecule has 1 amide bonds. The molecule has 2 rings (SSSR count). The van der Waals surface area contributed by atoms with Crippen LogP contribution in [0.1, 0.15) is 6.92 Å². The Balaban J connectivity index is 2.09. The number of benzene rings is 1. The molecule has 0 fully saturated rings. The van der Waals surface area contributed by atoms with Gasteiger partial charge in [-0.15, -0.1) is 0 Å². The van der Waals surface area contributed by atoms with Crippen LogP contribution in [0, 0.1) is 0 Å². The summed E-state index contributed by atoms with van der Waals surface area (Å²) in [6, 6.07) is 8.17. The summed E-state index contributed by atoms with van der Waals surface area (Å²) < 4.78 is 10.9. The average Bonchev–Trinajstić information content (AvgIpc) is 2.46. The molecule has 110 valence electrons. The second kappa shape index (κ2) is 6.65. The Labute approximate surface area is 131 Å². The van der Waals surface area contributed by atoms with Gasteiger partial charge in [-0.3, -0.25) is 4.79 Å². The minimum Gasteiger partial charge on any atom is -0.481 e. The molecule has 1 atom stereocenters. The number of carbonyl (C=O) groups is 1. The number of nitrogens with zero attached hydrogens (tertiary/aromatic N) is 1. The zero-order valence-electron chi connectivity index (χ0n) is 11.0. The van der Waals surface area contributed by atoms with Gasteiger partial charge in [0.25, 0.3) is 5.91 Å². The van der Waals surface area contributed by atoms with Gasteiger partial charge in [0.1, 0.15) is 16.5 Å². The lowest BCUT2D eigenvalue weighted by atomic mass is 10.3. The van der Waals surface area contributed by atoms with E-state index in [0.717, 1.165) is 0 Å². The third kappa shape index (κ3) is 4.00. The summed E-state index contributed by atoms with van der Waals surface area (Å²) in [6.45, 7) is 1.57. The molecule has 0 saturated heterocycles. The summed E-state index contributed by atoms with van der Waals surface area (Å²) in [6.07, 6.45) is 0.788. The van der Waals surface area contributed by atoms with Crippen molar-refractivity contribution < 1.29 is 14.3 Å². The normalized spacial score (nSPS) is 11.8. The van der Waals surface area contributed by atoms with E-state index >= 15 is 0 Å². The summed E-state index contributed by atoms with van der Waals surface area (Å²) in [5.41, 5.74) is 5.12. The first-order chi connectivity index (χ1) is 9.97. The molecule has 7 heteroatoms. The van der Waals surface area contributed by atoms with Crippen LogP contribution in [0.15, 0.2) is 36.5 Å². The van der Waals surface area contributed by atoms with Crippen LogP contribution in [0.25, 0.3) is 0 Å². The first kappa shape index (κ1) is 15.4. The Morgan fingerprint density at radius 1 is 1.19 bits per heavy atom. The van der Waals surface area contributed by atoms with Crippen LogP contribution in [0.5, 0.6) is 17.4 Å². The fourth-order valence-corrected chi connectivity index (χ4v) is 1.72. The lowest BCUT2D eigenvalue weighted by molar-refractivity contribution is -0.123. The van der Waals surface area contributed by atoms with Crippen molar-refractivity contribution in [1.29, 1.82) is 0 Å². The van der Waals surface area contributed by atoms with Crippen LogP contribution in [0.3, 0.4) is 0 Å². The van der Waals surface area contributed by atoms with Crippen LogP contribution >= 0.6 is 23.2 Å². The zero-order chi connectivity index (χ0) is 15.4. The van der Waals surface area contributed by atoms with Crippen molar-refractivity contribution in [3.63, 3.8) is 0 Å². The van der Waals surface area contributed by atoms with Crippen molar-refractivity contribution in [3.05, 3.63) is 46.6 Å². The van der Waals surface area contributed by atoms with Crippen LogP contribution in [0.2, 0.25) is 10.0 Å². The summed E-state index contributed by atoms with van der Waals surface area (Å²) in [7, 11) is 0. The molecule has 1 heterocycles. The number of halogens is 2. The van der Waals surface area contributed by atoms with E-state index < -0.39 is 12.0 Å². The highest BCUT2D eigenvalue weighted by Crippen LogP contribution is 2.32. The number of carbonyl (C=O) groups excluding carboxylic acids is 1. The van der Waals surface area contributed by atoms with Gasteiger partial charge in [-0.05, 0) is 37.3 Å². The highest BCUT2D eigenvalue weighted by molar-refractivity contribution is 6.42. The Kier molecular flexibility index (Phi) is 4.88. The van der Waals surface area contributed by atoms with Gasteiger partial charge in [0.05, 0.1) is 5.02 Å². The highest BCUT2D eigenvalue weighted by Gasteiger charge is 2.11. The van der Waals surface area contributed by atoms with Crippen LogP contribution < -0.4 is 15.2 Å². The molecule has 0 aliphatic carbocycles. The second-order valence-electron chi connectivity index (χ2n) is 4.15. The Hall–Kier alpha value is -1.98. The fraction of sp³-hybridized carbons (Fsp3) is 0.143. The van der Waals surface area contributed by atoms with E-state index in [1.54, 1.807) is 37.3 Å². The van der Waals surface area contributed by atoms with Gasteiger partial charge in [-0.2, -0.15) is 0 Å². The average molecular weight is 327 g/mol. The van der Waals surface area contributed by atoms with Gasteiger partial charge in [-0.1, -0.05) is 23.2 Å². The predicted molar refractivity (Wildman–Crippen MR) is 80.1 cm³/mol. The van der Waals surface area contributed by atoms with Crippen molar-refractivity contribution >= 4 is 29.1 Å². The van der Waals surface area contributed by atoms with Crippen molar-refractivity contribution in [2.75, 3.05) is 0 Å². The molecule has 1 aromatic heterocycles. The lowest BCUT2D eigenvalue weighted by Gasteiger charge is -2.12. The molecule has 0 bridgehead atoms. The molecule has 0 spiro atoms. The molecule has 0 radical (unpaired) electrons. The van der Waals surface area contributed by atoms with Gasteiger partial charge >= 0.3 is 0 Å². The molecule has 1 unspecified atom stereocenters. The third-order valence-electron chi connectivity index (χ3n) is 2.56. The van der Waals surface area contributed by atoms with E-state index in [2.05, 4.69) is 4.98 Å². The monoisotopic (exact) mass is 326 g/mol. The molecule has 1 aromatic carbocycles. The topological polar surface area (TPSA) is 74.4 Å². The number of ether oxygens (including phenoxy) is 2. The van der Waals surface area contributed by atoms with Crippen molar-refractivity contribution in [2.45, 2.75) is 13.0 Å². The minimum atomic E-state index is -0.708. The van der Waals surface area contributed by atoms with Gasteiger partial charge in [0, 0.05) is 6.20 Å². The second-order valence-corrected chi connectivity index (χ2v) is 4.93. The van der Waals surface area contributed by atoms with Crippen LogP contribution in [-0.4, -0.2) is 17.0 Å². The first-order valence-corrected chi connectivity index (χ1v) is 6.77. The Morgan fingerprint density at radius 2 is 1.81 bits per heavy atom. The largest absolute Gasteiger partial charge is 0.481 e. The number of rotatable bonds is 5. The van der Waals surface area contributed by atoms with Gasteiger partial charge < -0.3 is 15.2 Å². The van der Waals surface area contributed by atoms with Gasteiger partial charge in [-0.25, -0.2) is 4.98 Å². The standard InChI is InChI=1S/C14H12Cl2N2O3/c1-8(13(17)19)20-9-2-4-10(5-3-9)21-14-12(16)11(15)6-7-18-14/h2-8H,1H3,(H2,17,19). The minimum absolute atomic E-state index is 0.211. The molecular weight excluding hydrogens is 315 g/mol. The van der Waals surface area contributed by atoms with Crippen LogP contribution in [-0.2, 0) is 4.79 Å².